The van der Waals surface area contributed by atoms with E-state index in [4.69, 9.17) is 0 Å². The Labute approximate surface area is 105 Å². The first-order valence-electron chi connectivity index (χ1n) is 4.55. The van der Waals surface area contributed by atoms with Crippen molar-refractivity contribution in [1.82, 2.24) is 0 Å². The van der Waals surface area contributed by atoms with Crippen LogP contribution in [0.15, 0.2) is 33.4 Å². The molecule has 1 nitrogen and oxygen atoms in total. The largest absolute Gasteiger partial charge is 0.293 e. The lowest BCUT2D eigenvalue weighted by molar-refractivity contribution is 0.0987. The monoisotopic (exact) mass is 300 g/mol. The highest BCUT2D eigenvalue weighted by Gasteiger charge is 2.07. The van der Waals surface area contributed by atoms with Gasteiger partial charge in [-0.3, -0.25) is 4.79 Å². The summed E-state index contributed by atoms with van der Waals surface area (Å²) in [5.41, 5.74) is 0. The Bertz CT molecular complexity index is 445. The van der Waals surface area contributed by atoms with Crippen molar-refractivity contribution in [2.24, 2.45) is 0 Å². The van der Waals surface area contributed by atoms with Crippen LogP contribution in [0, 0.1) is 0 Å². The Kier molecular flexibility index (Phi) is 3.72. The first-order chi connectivity index (χ1) is 7.25. The third kappa shape index (κ3) is 3.00. The Morgan fingerprint density at radius 2 is 2.27 bits per heavy atom. The van der Waals surface area contributed by atoms with Crippen molar-refractivity contribution in [2.45, 2.75) is 12.8 Å². The van der Waals surface area contributed by atoms with Gasteiger partial charge in [-0.1, -0.05) is 6.07 Å². The summed E-state index contributed by atoms with van der Waals surface area (Å²) in [6, 6.07) is 5.88. The minimum Gasteiger partial charge on any atom is -0.293 e. The molecule has 0 aliphatic heterocycles. The molecule has 0 bridgehead atoms. The van der Waals surface area contributed by atoms with Crippen molar-refractivity contribution in [2.75, 3.05) is 0 Å². The van der Waals surface area contributed by atoms with Gasteiger partial charge in [0, 0.05) is 21.2 Å². The van der Waals surface area contributed by atoms with E-state index in [2.05, 4.69) is 22.0 Å². The minimum atomic E-state index is 0.245. The Balaban J connectivity index is 1.91. The van der Waals surface area contributed by atoms with E-state index in [-0.39, 0.29) is 5.78 Å². The Morgan fingerprint density at radius 1 is 1.40 bits per heavy atom. The molecular formula is C11H9BrOS2. The first kappa shape index (κ1) is 11.0. The first-order valence-corrected chi connectivity index (χ1v) is 7.10. The van der Waals surface area contributed by atoms with Gasteiger partial charge in [0.05, 0.1) is 4.88 Å². The van der Waals surface area contributed by atoms with Crippen molar-refractivity contribution in [3.8, 4) is 0 Å². The van der Waals surface area contributed by atoms with Crippen molar-refractivity contribution in [3.05, 3.63) is 43.2 Å². The van der Waals surface area contributed by atoms with Gasteiger partial charge >= 0.3 is 0 Å². The van der Waals surface area contributed by atoms with Crippen LogP contribution in [-0.2, 0) is 6.42 Å². The van der Waals surface area contributed by atoms with E-state index < -0.39 is 0 Å². The fraction of sp³-hybridized carbons (Fsp3) is 0.182. The highest BCUT2D eigenvalue weighted by Crippen LogP contribution is 2.22. The third-order valence-corrected chi connectivity index (χ3v) is 4.68. The predicted molar refractivity (Wildman–Crippen MR) is 69.0 cm³/mol. The maximum Gasteiger partial charge on any atom is 0.173 e. The summed E-state index contributed by atoms with van der Waals surface area (Å²) in [6.07, 6.45) is 1.44. The summed E-state index contributed by atoms with van der Waals surface area (Å²) in [6.45, 7) is 0. The molecule has 4 heteroatoms. The number of hydrogen-bond donors (Lipinski definition) is 0. The Morgan fingerprint density at radius 3 is 2.87 bits per heavy atom. The van der Waals surface area contributed by atoms with E-state index in [1.807, 2.05) is 22.9 Å². The van der Waals surface area contributed by atoms with Gasteiger partial charge in [0.25, 0.3) is 0 Å². The van der Waals surface area contributed by atoms with E-state index in [9.17, 15) is 4.79 Å². The lowest BCUT2D eigenvalue weighted by atomic mass is 10.2. The molecule has 15 heavy (non-hydrogen) atoms. The minimum absolute atomic E-state index is 0.245. The lowest BCUT2D eigenvalue weighted by Crippen LogP contribution is -1.97. The summed E-state index contributed by atoms with van der Waals surface area (Å²) in [7, 11) is 0. The number of hydrogen-bond acceptors (Lipinski definition) is 3. The van der Waals surface area contributed by atoms with Crippen LogP contribution in [0.3, 0.4) is 0 Å². The average molecular weight is 301 g/mol. The van der Waals surface area contributed by atoms with Gasteiger partial charge in [-0.15, -0.1) is 22.7 Å². The molecular weight excluding hydrogens is 292 g/mol. The molecule has 0 spiro atoms. The number of Topliss-reactive ketones (excluding diaryl/α,β-unsaturated/α-hetero) is 1. The molecule has 0 aromatic carbocycles. The van der Waals surface area contributed by atoms with Crippen molar-refractivity contribution < 1.29 is 4.79 Å². The molecule has 0 fully saturated rings. The molecule has 0 aliphatic carbocycles. The second-order valence-electron chi connectivity index (χ2n) is 3.13. The average Bonchev–Trinajstić information content (AvgIpc) is 2.84. The maximum atomic E-state index is 11.7. The summed E-state index contributed by atoms with van der Waals surface area (Å²) in [4.78, 5) is 13.8. The number of halogens is 1. The number of aryl methyl sites for hydroxylation is 1. The number of thiophene rings is 2. The van der Waals surface area contributed by atoms with Gasteiger partial charge in [0.2, 0.25) is 0 Å². The summed E-state index contributed by atoms with van der Waals surface area (Å²) in [5.74, 6) is 0.245. The molecule has 0 radical (unpaired) electrons. The molecule has 0 N–H and O–H groups in total. The zero-order valence-electron chi connectivity index (χ0n) is 7.90. The van der Waals surface area contributed by atoms with Gasteiger partial charge in [0.1, 0.15) is 0 Å². The van der Waals surface area contributed by atoms with Crippen LogP contribution < -0.4 is 0 Å². The van der Waals surface area contributed by atoms with Crippen molar-refractivity contribution in [3.63, 3.8) is 0 Å². The van der Waals surface area contributed by atoms with Crippen LogP contribution in [0.2, 0.25) is 0 Å². The zero-order valence-corrected chi connectivity index (χ0v) is 11.1. The van der Waals surface area contributed by atoms with Crippen LogP contribution in [0.25, 0.3) is 0 Å². The second kappa shape index (κ2) is 5.05. The quantitative estimate of drug-likeness (QED) is 0.766. The van der Waals surface area contributed by atoms with Crippen LogP contribution in [0.4, 0.5) is 0 Å². The molecule has 2 aromatic heterocycles. The fourth-order valence-electron chi connectivity index (χ4n) is 1.28. The summed E-state index contributed by atoms with van der Waals surface area (Å²) in [5, 5.41) is 3.99. The zero-order chi connectivity index (χ0) is 10.7. The third-order valence-electron chi connectivity index (χ3n) is 2.02. The number of carbonyl (C=O) groups excluding carboxylic acids is 1. The molecule has 0 aliphatic rings. The van der Waals surface area contributed by atoms with Gasteiger partial charge in [0.15, 0.2) is 5.78 Å². The molecule has 0 saturated heterocycles. The van der Waals surface area contributed by atoms with Gasteiger partial charge < -0.3 is 0 Å². The molecule has 2 aromatic rings. The standard InChI is InChI=1S/C11H9BrOS2/c12-8-6-9(15-7-8)3-4-10(13)11-2-1-5-14-11/h1-2,5-7H,3-4H2. The molecule has 2 rings (SSSR count). The summed E-state index contributed by atoms with van der Waals surface area (Å²) >= 11 is 6.61. The smallest absolute Gasteiger partial charge is 0.173 e. The predicted octanol–water partition coefficient (Wildman–Crippen LogP) is 4.39. The van der Waals surface area contributed by atoms with E-state index in [0.717, 1.165) is 15.8 Å². The van der Waals surface area contributed by atoms with Gasteiger partial charge in [-0.25, -0.2) is 0 Å². The summed E-state index contributed by atoms with van der Waals surface area (Å²) < 4.78 is 1.10. The van der Waals surface area contributed by atoms with Crippen molar-refractivity contribution in [1.29, 1.82) is 0 Å². The topological polar surface area (TPSA) is 17.1 Å². The second-order valence-corrected chi connectivity index (χ2v) is 5.99. The SMILES string of the molecule is O=C(CCc1cc(Br)cs1)c1cccs1. The molecule has 2 heterocycles. The van der Waals surface area contributed by atoms with E-state index in [1.54, 1.807) is 11.3 Å². The fourth-order valence-corrected chi connectivity index (χ4v) is 3.43. The van der Waals surface area contributed by atoms with Crippen LogP contribution in [0.1, 0.15) is 21.0 Å². The normalized spacial score (nSPS) is 10.5. The molecule has 0 unspecified atom stereocenters. The van der Waals surface area contributed by atoms with Crippen LogP contribution in [0.5, 0.6) is 0 Å². The number of ketones is 1. The van der Waals surface area contributed by atoms with E-state index in [0.29, 0.717) is 6.42 Å². The molecule has 0 amide bonds. The van der Waals surface area contributed by atoms with E-state index in [1.165, 1.54) is 16.2 Å². The highest BCUT2D eigenvalue weighted by atomic mass is 79.9. The van der Waals surface area contributed by atoms with Crippen LogP contribution >= 0.6 is 38.6 Å². The molecule has 0 atom stereocenters. The van der Waals surface area contributed by atoms with Gasteiger partial charge in [-0.2, -0.15) is 0 Å². The van der Waals surface area contributed by atoms with Gasteiger partial charge in [-0.05, 0) is 39.9 Å². The Hall–Kier alpha value is -0.450. The highest BCUT2D eigenvalue weighted by molar-refractivity contribution is 9.10. The molecule has 78 valence electrons. The lowest BCUT2D eigenvalue weighted by Gasteiger charge is -1.95. The van der Waals surface area contributed by atoms with E-state index >= 15 is 0 Å². The van der Waals surface area contributed by atoms with Crippen molar-refractivity contribution >= 4 is 44.4 Å². The number of carbonyl (C=O) groups is 1. The molecule has 0 saturated carbocycles. The number of rotatable bonds is 4. The maximum absolute atomic E-state index is 11.7. The van der Waals surface area contributed by atoms with Crippen LogP contribution in [-0.4, -0.2) is 5.78 Å².